The Bertz CT molecular complexity index is 1340. The van der Waals surface area contributed by atoms with E-state index in [1.54, 1.807) is 0 Å². The Morgan fingerprint density at radius 1 is 0.328 bits per heavy atom. The molecule has 362 valence electrons. The zero-order valence-electron chi connectivity index (χ0n) is 41.3. The van der Waals surface area contributed by atoms with Crippen LogP contribution in [0.5, 0.6) is 0 Å². The molecule has 0 aromatic heterocycles. The Hall–Kier alpha value is -3.93. The van der Waals surface area contributed by atoms with Gasteiger partial charge in [0.05, 0.1) is 0 Å². The molecule has 0 saturated heterocycles. The normalized spacial score (nSPS) is 13.0. The van der Waals surface area contributed by atoms with Crippen LogP contribution in [0.15, 0.2) is 109 Å². The first-order valence-electron chi connectivity index (χ1n) is 26.0. The van der Waals surface area contributed by atoms with E-state index in [4.69, 9.17) is 14.2 Å². The van der Waals surface area contributed by atoms with Crippen LogP contribution in [-0.4, -0.2) is 37.2 Å². The van der Waals surface area contributed by atoms with Crippen LogP contribution in [0.3, 0.4) is 0 Å². The fourth-order valence-corrected chi connectivity index (χ4v) is 6.89. The molecular weight excluding hydrogens is 793 g/mol. The number of carbonyl (C=O) groups is 3. The highest BCUT2D eigenvalue weighted by atomic mass is 16.6. The lowest BCUT2D eigenvalue weighted by Gasteiger charge is -2.18. The predicted octanol–water partition coefficient (Wildman–Crippen LogP) is 17.1. The van der Waals surface area contributed by atoms with Crippen molar-refractivity contribution in [2.24, 2.45) is 0 Å². The molecule has 0 saturated carbocycles. The maximum atomic E-state index is 12.8. The van der Waals surface area contributed by atoms with Crippen molar-refractivity contribution < 1.29 is 28.6 Å². The van der Waals surface area contributed by atoms with Gasteiger partial charge in [0.1, 0.15) is 13.2 Å². The Labute approximate surface area is 393 Å². The minimum absolute atomic E-state index is 0.109. The molecule has 0 bridgehead atoms. The number of unbranched alkanes of at least 4 members (excludes halogenated alkanes) is 23. The third-order valence-electron chi connectivity index (χ3n) is 10.7. The molecule has 6 heteroatoms. The van der Waals surface area contributed by atoms with Gasteiger partial charge in [0.25, 0.3) is 0 Å². The van der Waals surface area contributed by atoms with Crippen LogP contribution in [0.2, 0.25) is 0 Å². The van der Waals surface area contributed by atoms with Crippen molar-refractivity contribution in [1.29, 1.82) is 0 Å². The van der Waals surface area contributed by atoms with E-state index < -0.39 is 6.10 Å². The minimum Gasteiger partial charge on any atom is -0.462 e. The molecule has 1 atom stereocenters. The number of hydrogen-bond acceptors (Lipinski definition) is 6. The monoisotopic (exact) mass is 887 g/mol. The van der Waals surface area contributed by atoms with Crippen molar-refractivity contribution in [2.45, 2.75) is 226 Å². The molecular formula is C58H94O6. The van der Waals surface area contributed by atoms with Gasteiger partial charge in [-0.3, -0.25) is 14.4 Å². The summed E-state index contributed by atoms with van der Waals surface area (Å²) in [6.07, 6.45) is 69.3. The third-order valence-corrected chi connectivity index (χ3v) is 10.7. The van der Waals surface area contributed by atoms with E-state index in [9.17, 15) is 14.4 Å². The lowest BCUT2D eigenvalue weighted by atomic mass is 10.0. The van der Waals surface area contributed by atoms with Crippen molar-refractivity contribution in [2.75, 3.05) is 13.2 Å². The van der Waals surface area contributed by atoms with E-state index in [1.807, 2.05) is 85.1 Å². The van der Waals surface area contributed by atoms with Gasteiger partial charge in [0, 0.05) is 19.3 Å². The Morgan fingerprint density at radius 2 is 0.609 bits per heavy atom. The van der Waals surface area contributed by atoms with Crippen molar-refractivity contribution >= 4 is 17.9 Å². The highest BCUT2D eigenvalue weighted by molar-refractivity contribution is 5.71. The summed E-state index contributed by atoms with van der Waals surface area (Å²) in [5, 5.41) is 0. The maximum absolute atomic E-state index is 12.8. The topological polar surface area (TPSA) is 78.9 Å². The number of rotatable bonds is 45. The first-order chi connectivity index (χ1) is 31.5. The summed E-state index contributed by atoms with van der Waals surface area (Å²) < 4.78 is 16.7. The smallest absolute Gasteiger partial charge is 0.306 e. The second kappa shape index (κ2) is 51.7. The van der Waals surface area contributed by atoms with E-state index in [0.717, 1.165) is 77.0 Å². The van der Waals surface area contributed by atoms with Crippen LogP contribution >= 0.6 is 0 Å². The zero-order chi connectivity index (χ0) is 46.5. The predicted molar refractivity (Wildman–Crippen MR) is 274 cm³/mol. The van der Waals surface area contributed by atoms with Gasteiger partial charge >= 0.3 is 17.9 Å². The quantitative estimate of drug-likeness (QED) is 0.0262. The summed E-state index contributed by atoms with van der Waals surface area (Å²) in [6.45, 7) is 6.28. The van der Waals surface area contributed by atoms with E-state index >= 15 is 0 Å². The Balaban J connectivity index is 4.48. The number of allylic oxidation sites excluding steroid dienone is 18. The molecule has 0 aliphatic heterocycles. The first kappa shape index (κ1) is 60.1. The van der Waals surface area contributed by atoms with Crippen molar-refractivity contribution in [3.63, 3.8) is 0 Å². The Morgan fingerprint density at radius 3 is 0.953 bits per heavy atom. The second-order valence-corrected chi connectivity index (χ2v) is 16.9. The van der Waals surface area contributed by atoms with Crippen LogP contribution in [0.1, 0.15) is 220 Å². The molecule has 0 aliphatic rings. The molecule has 1 unspecified atom stereocenters. The van der Waals surface area contributed by atoms with Gasteiger partial charge in [-0.1, -0.05) is 252 Å². The highest BCUT2D eigenvalue weighted by Crippen LogP contribution is 2.15. The lowest BCUT2D eigenvalue weighted by Crippen LogP contribution is -2.30. The van der Waals surface area contributed by atoms with Crippen LogP contribution in [0.25, 0.3) is 0 Å². The summed E-state index contributed by atoms with van der Waals surface area (Å²) in [6, 6.07) is 0. The summed E-state index contributed by atoms with van der Waals surface area (Å²) in [5.41, 5.74) is 0. The summed E-state index contributed by atoms with van der Waals surface area (Å²) in [5.74, 6) is -0.994. The Kier molecular flexibility index (Phi) is 48.5. The number of esters is 3. The first-order valence-corrected chi connectivity index (χ1v) is 26.0. The molecule has 0 aliphatic carbocycles. The molecule has 0 rings (SSSR count). The molecule has 64 heavy (non-hydrogen) atoms. The van der Waals surface area contributed by atoms with E-state index in [2.05, 4.69) is 45.1 Å². The SMILES string of the molecule is CC\C=C/C=C\C=C/C=C\C=C/CCCCCC(=O)OC(COC(=O)CCCCC\C=C/C=C\C=C/C=C\CC)COC(=O)CCCCCCCCCCCCCCCCCCCC. The lowest BCUT2D eigenvalue weighted by molar-refractivity contribution is -0.167. The molecule has 0 N–H and O–H groups in total. The van der Waals surface area contributed by atoms with Gasteiger partial charge in [0.2, 0.25) is 0 Å². The van der Waals surface area contributed by atoms with E-state index in [-0.39, 0.29) is 37.5 Å². The zero-order valence-corrected chi connectivity index (χ0v) is 41.3. The second-order valence-electron chi connectivity index (χ2n) is 16.9. The number of hydrogen-bond donors (Lipinski definition) is 0. The average Bonchev–Trinajstić information content (AvgIpc) is 3.29. The van der Waals surface area contributed by atoms with Gasteiger partial charge in [0.15, 0.2) is 6.10 Å². The van der Waals surface area contributed by atoms with Gasteiger partial charge in [-0.05, 0) is 57.8 Å². The van der Waals surface area contributed by atoms with Gasteiger partial charge < -0.3 is 14.2 Å². The summed E-state index contributed by atoms with van der Waals surface area (Å²) in [7, 11) is 0. The highest BCUT2D eigenvalue weighted by Gasteiger charge is 2.19. The summed E-state index contributed by atoms with van der Waals surface area (Å²) >= 11 is 0. The van der Waals surface area contributed by atoms with Crippen molar-refractivity contribution in [3.8, 4) is 0 Å². The van der Waals surface area contributed by atoms with Crippen molar-refractivity contribution in [1.82, 2.24) is 0 Å². The minimum atomic E-state index is -0.816. The fraction of sp³-hybridized carbons (Fsp3) is 0.638. The molecule has 0 aromatic carbocycles. The molecule has 0 amide bonds. The van der Waals surface area contributed by atoms with Crippen LogP contribution in [-0.2, 0) is 28.6 Å². The maximum Gasteiger partial charge on any atom is 0.306 e. The standard InChI is InChI=1S/C58H94O6/c1-4-7-10-13-16-19-22-25-27-28-29-31-33-36-39-42-45-48-51-57(60)63-54-55(53-62-56(59)50-47-44-41-38-35-32-24-21-18-15-12-9-6-3)64-58(61)52-49-46-43-40-37-34-30-26-23-20-17-14-11-8-5-2/h8-9,11-12,14-15,17-18,20-21,23-24,26,30,32,34-35,37,55H,4-7,10,13,16,19,22,25,27-29,31,33,36,38-54H2,1-3H3/b11-8-,12-9-,17-14-,18-15-,23-20-,24-21-,30-26-,35-32-,37-34-. The largest absolute Gasteiger partial charge is 0.462 e. The molecule has 0 spiro atoms. The third kappa shape index (κ3) is 49.1. The van der Waals surface area contributed by atoms with Crippen LogP contribution in [0.4, 0.5) is 0 Å². The van der Waals surface area contributed by atoms with Crippen LogP contribution < -0.4 is 0 Å². The average molecular weight is 887 g/mol. The molecule has 0 aromatic rings. The van der Waals surface area contributed by atoms with Gasteiger partial charge in [-0.2, -0.15) is 0 Å². The molecule has 0 fully saturated rings. The van der Waals surface area contributed by atoms with E-state index in [1.165, 1.54) is 96.3 Å². The van der Waals surface area contributed by atoms with E-state index in [0.29, 0.717) is 19.3 Å². The van der Waals surface area contributed by atoms with Crippen molar-refractivity contribution in [3.05, 3.63) is 109 Å². The fourth-order valence-electron chi connectivity index (χ4n) is 6.89. The number of carbonyl (C=O) groups excluding carboxylic acids is 3. The van der Waals surface area contributed by atoms with Crippen LogP contribution in [0, 0.1) is 0 Å². The molecule has 6 nitrogen and oxygen atoms in total. The molecule has 0 radical (unpaired) electrons. The van der Waals surface area contributed by atoms with Gasteiger partial charge in [-0.15, -0.1) is 0 Å². The molecule has 0 heterocycles. The number of ether oxygens (including phenoxy) is 3. The van der Waals surface area contributed by atoms with Gasteiger partial charge in [-0.25, -0.2) is 0 Å². The summed E-state index contributed by atoms with van der Waals surface area (Å²) in [4.78, 5) is 38.0.